The highest BCUT2D eigenvalue weighted by Gasteiger charge is 2.06. The molecule has 2 aromatic carbocycles. The summed E-state index contributed by atoms with van der Waals surface area (Å²) >= 11 is 11.9. The van der Waals surface area contributed by atoms with Crippen LogP contribution in [0, 0.1) is 13.8 Å². The summed E-state index contributed by atoms with van der Waals surface area (Å²) in [5.41, 5.74) is 3.75. The first-order valence-electron chi connectivity index (χ1n) is 6.52. The molecule has 2 N–H and O–H groups in total. The monoisotopic (exact) mass is 322 g/mol. The van der Waals surface area contributed by atoms with Crippen molar-refractivity contribution in [2.75, 3.05) is 17.2 Å². The van der Waals surface area contributed by atoms with Gasteiger partial charge in [-0.1, -0.05) is 29.3 Å². The second-order valence-electron chi connectivity index (χ2n) is 4.82. The van der Waals surface area contributed by atoms with E-state index in [1.54, 1.807) is 18.2 Å². The second kappa shape index (κ2) is 6.83. The summed E-state index contributed by atoms with van der Waals surface area (Å²) in [6.45, 7) is 4.16. The molecule has 0 aliphatic carbocycles. The van der Waals surface area contributed by atoms with Crippen LogP contribution in [-0.2, 0) is 4.79 Å². The van der Waals surface area contributed by atoms with E-state index in [0.29, 0.717) is 15.7 Å². The number of carbonyl (C=O) groups excluding carboxylic acids is 1. The fraction of sp³-hybridized carbons (Fsp3) is 0.188. The molecule has 0 atom stereocenters. The van der Waals surface area contributed by atoms with Gasteiger partial charge in [-0.25, -0.2) is 0 Å². The maximum Gasteiger partial charge on any atom is 0.243 e. The number of amides is 1. The van der Waals surface area contributed by atoms with E-state index in [2.05, 4.69) is 10.6 Å². The van der Waals surface area contributed by atoms with Gasteiger partial charge in [-0.2, -0.15) is 0 Å². The predicted octanol–water partition coefficient (Wildman–Crippen LogP) is 4.66. The third kappa shape index (κ3) is 4.38. The van der Waals surface area contributed by atoms with Crippen molar-refractivity contribution in [3.05, 3.63) is 57.6 Å². The molecule has 2 rings (SSSR count). The molecular weight excluding hydrogens is 307 g/mol. The van der Waals surface area contributed by atoms with Crippen molar-refractivity contribution >= 4 is 40.5 Å². The molecule has 0 bridgehead atoms. The van der Waals surface area contributed by atoms with Crippen molar-refractivity contribution in [1.82, 2.24) is 0 Å². The molecule has 21 heavy (non-hydrogen) atoms. The van der Waals surface area contributed by atoms with Gasteiger partial charge in [0.1, 0.15) is 0 Å². The maximum absolute atomic E-state index is 11.9. The molecule has 0 aliphatic heterocycles. The number of hydrogen-bond acceptors (Lipinski definition) is 2. The normalized spacial score (nSPS) is 10.3. The molecule has 0 unspecified atom stereocenters. The summed E-state index contributed by atoms with van der Waals surface area (Å²) in [7, 11) is 0. The summed E-state index contributed by atoms with van der Waals surface area (Å²) in [6, 6.07) is 10.9. The Morgan fingerprint density at radius 2 is 1.81 bits per heavy atom. The standard InChI is InChI=1S/C16H16Cl2N2O/c1-10-3-5-13(7-11(10)2)20-16(21)9-19-15-8-12(17)4-6-14(15)18/h3-8,19H,9H2,1-2H3,(H,20,21). The Balaban J connectivity index is 1.95. The second-order valence-corrected chi connectivity index (χ2v) is 5.67. The van der Waals surface area contributed by atoms with Gasteiger partial charge in [0, 0.05) is 10.7 Å². The van der Waals surface area contributed by atoms with Gasteiger partial charge in [-0.15, -0.1) is 0 Å². The van der Waals surface area contributed by atoms with E-state index in [0.717, 1.165) is 11.3 Å². The molecule has 0 spiro atoms. The zero-order chi connectivity index (χ0) is 15.4. The Labute approximate surface area is 134 Å². The van der Waals surface area contributed by atoms with Crippen molar-refractivity contribution in [3.8, 4) is 0 Å². The van der Waals surface area contributed by atoms with Crippen molar-refractivity contribution in [2.45, 2.75) is 13.8 Å². The Kier molecular flexibility index (Phi) is 5.10. The van der Waals surface area contributed by atoms with E-state index in [1.165, 1.54) is 5.56 Å². The third-order valence-corrected chi connectivity index (χ3v) is 3.72. The Morgan fingerprint density at radius 3 is 2.52 bits per heavy atom. The Hall–Kier alpha value is -1.71. The van der Waals surface area contributed by atoms with Gasteiger partial charge >= 0.3 is 0 Å². The number of benzene rings is 2. The summed E-state index contributed by atoms with van der Waals surface area (Å²) in [4.78, 5) is 11.9. The molecule has 0 heterocycles. The van der Waals surface area contributed by atoms with Crippen LogP contribution in [-0.4, -0.2) is 12.5 Å². The van der Waals surface area contributed by atoms with Crippen LogP contribution in [0.15, 0.2) is 36.4 Å². The fourth-order valence-electron chi connectivity index (χ4n) is 1.83. The molecule has 110 valence electrons. The SMILES string of the molecule is Cc1ccc(NC(=O)CNc2cc(Cl)ccc2Cl)cc1C. The molecule has 3 nitrogen and oxygen atoms in total. The summed E-state index contributed by atoms with van der Waals surface area (Å²) < 4.78 is 0. The van der Waals surface area contributed by atoms with E-state index in [-0.39, 0.29) is 12.5 Å². The number of anilines is 2. The topological polar surface area (TPSA) is 41.1 Å². The van der Waals surface area contributed by atoms with Crippen LogP contribution in [0.5, 0.6) is 0 Å². The first-order valence-corrected chi connectivity index (χ1v) is 7.27. The Bertz CT molecular complexity index is 671. The highest BCUT2D eigenvalue weighted by Crippen LogP contribution is 2.25. The molecular formula is C16H16Cl2N2O. The molecule has 0 saturated carbocycles. The average molecular weight is 323 g/mol. The highest BCUT2D eigenvalue weighted by molar-refractivity contribution is 6.35. The number of hydrogen-bond donors (Lipinski definition) is 2. The molecule has 2 aromatic rings. The molecule has 0 fully saturated rings. The lowest BCUT2D eigenvalue weighted by Gasteiger charge is -2.10. The molecule has 0 aromatic heterocycles. The van der Waals surface area contributed by atoms with Gasteiger partial charge in [0.05, 0.1) is 17.3 Å². The lowest BCUT2D eigenvalue weighted by atomic mass is 10.1. The minimum Gasteiger partial charge on any atom is -0.375 e. The zero-order valence-corrected chi connectivity index (χ0v) is 13.3. The number of aryl methyl sites for hydroxylation is 2. The van der Waals surface area contributed by atoms with Gasteiger partial charge in [-0.3, -0.25) is 4.79 Å². The van der Waals surface area contributed by atoms with Gasteiger partial charge in [0.2, 0.25) is 5.91 Å². The summed E-state index contributed by atoms with van der Waals surface area (Å²) in [5, 5.41) is 6.90. The average Bonchev–Trinajstić information content (AvgIpc) is 2.44. The highest BCUT2D eigenvalue weighted by atomic mass is 35.5. The van der Waals surface area contributed by atoms with Crippen LogP contribution in [0.3, 0.4) is 0 Å². The quantitative estimate of drug-likeness (QED) is 0.859. The Morgan fingerprint density at radius 1 is 1.05 bits per heavy atom. The summed E-state index contributed by atoms with van der Waals surface area (Å²) in [5.74, 6) is -0.144. The number of rotatable bonds is 4. The zero-order valence-electron chi connectivity index (χ0n) is 11.8. The first kappa shape index (κ1) is 15.7. The molecule has 0 radical (unpaired) electrons. The van der Waals surface area contributed by atoms with E-state index >= 15 is 0 Å². The van der Waals surface area contributed by atoms with E-state index < -0.39 is 0 Å². The number of carbonyl (C=O) groups is 1. The predicted molar refractivity (Wildman–Crippen MR) is 89.5 cm³/mol. The third-order valence-electron chi connectivity index (χ3n) is 3.16. The van der Waals surface area contributed by atoms with E-state index in [1.807, 2.05) is 32.0 Å². The van der Waals surface area contributed by atoms with Crippen molar-refractivity contribution in [3.63, 3.8) is 0 Å². The first-order chi connectivity index (χ1) is 9.95. The van der Waals surface area contributed by atoms with Gasteiger partial charge in [-0.05, 0) is 55.3 Å². The lowest BCUT2D eigenvalue weighted by molar-refractivity contribution is -0.114. The van der Waals surface area contributed by atoms with Crippen LogP contribution < -0.4 is 10.6 Å². The van der Waals surface area contributed by atoms with Crippen LogP contribution in [0.2, 0.25) is 10.0 Å². The van der Waals surface area contributed by atoms with Crippen molar-refractivity contribution in [1.29, 1.82) is 0 Å². The molecule has 5 heteroatoms. The van der Waals surface area contributed by atoms with E-state index in [4.69, 9.17) is 23.2 Å². The fourth-order valence-corrected chi connectivity index (χ4v) is 2.19. The minimum atomic E-state index is -0.144. The van der Waals surface area contributed by atoms with Crippen LogP contribution in [0.4, 0.5) is 11.4 Å². The molecule has 0 saturated heterocycles. The van der Waals surface area contributed by atoms with E-state index in [9.17, 15) is 4.79 Å². The van der Waals surface area contributed by atoms with Gasteiger partial charge in [0.25, 0.3) is 0 Å². The van der Waals surface area contributed by atoms with Crippen LogP contribution in [0.25, 0.3) is 0 Å². The minimum absolute atomic E-state index is 0.118. The van der Waals surface area contributed by atoms with Gasteiger partial charge in [0.15, 0.2) is 0 Å². The number of halogens is 2. The lowest BCUT2D eigenvalue weighted by Crippen LogP contribution is -2.21. The summed E-state index contributed by atoms with van der Waals surface area (Å²) in [6.07, 6.45) is 0. The van der Waals surface area contributed by atoms with Crippen molar-refractivity contribution < 1.29 is 4.79 Å². The van der Waals surface area contributed by atoms with Crippen molar-refractivity contribution in [2.24, 2.45) is 0 Å². The smallest absolute Gasteiger partial charge is 0.243 e. The van der Waals surface area contributed by atoms with Crippen LogP contribution >= 0.6 is 23.2 Å². The largest absolute Gasteiger partial charge is 0.375 e. The molecule has 1 amide bonds. The van der Waals surface area contributed by atoms with Gasteiger partial charge < -0.3 is 10.6 Å². The maximum atomic E-state index is 11.9. The number of nitrogens with one attached hydrogen (secondary N) is 2. The molecule has 0 aliphatic rings. The van der Waals surface area contributed by atoms with Crippen LogP contribution in [0.1, 0.15) is 11.1 Å².